The Morgan fingerprint density at radius 1 is 1.08 bits per heavy atom. The molecule has 0 fully saturated rings. The van der Waals surface area contributed by atoms with Gasteiger partial charge in [0.15, 0.2) is 11.6 Å². The lowest BCUT2D eigenvalue weighted by Gasteiger charge is -2.09. The third-order valence-corrected chi connectivity index (χ3v) is 3.75. The first-order valence-corrected chi connectivity index (χ1v) is 7.79. The maximum absolute atomic E-state index is 11.0. The number of aldehydes is 1. The summed E-state index contributed by atoms with van der Waals surface area (Å²) in [5.41, 5.74) is 2.41. The zero-order chi connectivity index (χ0) is 17.1. The molecule has 1 heterocycles. The molecule has 0 spiro atoms. The van der Waals surface area contributed by atoms with Crippen molar-refractivity contribution in [2.45, 2.75) is 19.9 Å². The van der Waals surface area contributed by atoms with Crippen molar-refractivity contribution in [1.82, 2.24) is 14.8 Å². The second kappa shape index (κ2) is 6.66. The molecule has 2 aromatic carbocycles. The number of hydrogen-bond donors (Lipinski definition) is 0. The third kappa shape index (κ3) is 3.06. The summed E-state index contributed by atoms with van der Waals surface area (Å²) in [7, 11) is 1.64. The van der Waals surface area contributed by atoms with Crippen molar-refractivity contribution >= 4 is 6.29 Å². The predicted molar refractivity (Wildman–Crippen MR) is 93.2 cm³/mol. The van der Waals surface area contributed by atoms with Gasteiger partial charge < -0.3 is 4.74 Å². The fourth-order valence-electron chi connectivity index (χ4n) is 2.49. The Bertz CT molecular complexity index is 851. The van der Waals surface area contributed by atoms with Crippen molar-refractivity contribution < 1.29 is 9.53 Å². The van der Waals surface area contributed by atoms with E-state index < -0.39 is 0 Å². The molecule has 0 atom stereocenters. The van der Waals surface area contributed by atoms with Crippen LogP contribution in [0.4, 0.5) is 0 Å². The second-order valence-electron chi connectivity index (χ2n) is 5.77. The lowest BCUT2D eigenvalue weighted by atomic mass is 10.1. The lowest BCUT2D eigenvalue weighted by Crippen LogP contribution is -2.05. The van der Waals surface area contributed by atoms with Crippen LogP contribution in [0.2, 0.25) is 0 Å². The number of hydrogen-bond acceptors (Lipinski definition) is 4. The fraction of sp³-hybridized carbons (Fsp3) is 0.211. The largest absolute Gasteiger partial charge is 0.497 e. The molecule has 0 N–H and O–H groups in total. The van der Waals surface area contributed by atoms with Crippen molar-refractivity contribution in [3.63, 3.8) is 0 Å². The molecule has 1 aromatic heterocycles. The third-order valence-electron chi connectivity index (χ3n) is 3.75. The van der Waals surface area contributed by atoms with Crippen LogP contribution < -0.4 is 4.74 Å². The fourth-order valence-corrected chi connectivity index (χ4v) is 2.49. The van der Waals surface area contributed by atoms with Crippen LogP contribution in [0.1, 0.15) is 30.2 Å². The molecular weight excluding hydrogens is 302 g/mol. The summed E-state index contributed by atoms with van der Waals surface area (Å²) in [4.78, 5) is 15.7. The summed E-state index contributed by atoms with van der Waals surface area (Å²) in [5.74, 6) is 2.20. The molecule has 0 saturated carbocycles. The number of aromatic nitrogens is 3. The molecular formula is C19H19N3O2. The Balaban J connectivity index is 2.08. The van der Waals surface area contributed by atoms with E-state index in [4.69, 9.17) is 9.72 Å². The van der Waals surface area contributed by atoms with Gasteiger partial charge in [-0.15, -0.1) is 0 Å². The van der Waals surface area contributed by atoms with Crippen LogP contribution in [-0.4, -0.2) is 28.2 Å². The van der Waals surface area contributed by atoms with E-state index in [9.17, 15) is 4.79 Å². The molecule has 0 radical (unpaired) electrons. The number of carbonyl (C=O) groups is 1. The number of nitrogens with zero attached hydrogens (tertiary/aromatic N) is 3. The Labute approximate surface area is 140 Å². The number of ether oxygens (including phenoxy) is 1. The second-order valence-corrected chi connectivity index (χ2v) is 5.77. The van der Waals surface area contributed by atoms with Crippen LogP contribution in [-0.2, 0) is 0 Å². The van der Waals surface area contributed by atoms with Crippen molar-refractivity contribution in [2.24, 2.45) is 0 Å². The first kappa shape index (κ1) is 15.9. The molecule has 0 aliphatic rings. The van der Waals surface area contributed by atoms with E-state index in [0.29, 0.717) is 11.4 Å². The SMILES string of the molecule is COc1ccc(-c2nc(-c3cccc(C=O)c3)nn2C(C)C)cc1. The summed E-state index contributed by atoms with van der Waals surface area (Å²) >= 11 is 0. The van der Waals surface area contributed by atoms with E-state index >= 15 is 0 Å². The highest BCUT2D eigenvalue weighted by atomic mass is 16.5. The van der Waals surface area contributed by atoms with Gasteiger partial charge in [0.2, 0.25) is 0 Å². The van der Waals surface area contributed by atoms with E-state index in [1.54, 1.807) is 19.2 Å². The summed E-state index contributed by atoms with van der Waals surface area (Å²) in [6, 6.07) is 15.2. The molecule has 0 bridgehead atoms. The maximum Gasteiger partial charge on any atom is 0.181 e. The summed E-state index contributed by atoms with van der Waals surface area (Å²) in [6.45, 7) is 4.13. The molecule has 3 aromatic rings. The minimum absolute atomic E-state index is 0.164. The first-order chi connectivity index (χ1) is 11.6. The Morgan fingerprint density at radius 3 is 2.46 bits per heavy atom. The maximum atomic E-state index is 11.0. The highest BCUT2D eigenvalue weighted by Crippen LogP contribution is 2.26. The molecule has 0 aliphatic carbocycles. The average Bonchev–Trinajstić information content (AvgIpc) is 3.07. The average molecular weight is 321 g/mol. The van der Waals surface area contributed by atoms with Gasteiger partial charge in [0.25, 0.3) is 0 Å². The first-order valence-electron chi connectivity index (χ1n) is 7.79. The van der Waals surface area contributed by atoms with Gasteiger partial charge in [0.1, 0.15) is 12.0 Å². The molecule has 0 unspecified atom stereocenters. The molecule has 0 amide bonds. The molecule has 5 nitrogen and oxygen atoms in total. The van der Waals surface area contributed by atoms with Gasteiger partial charge >= 0.3 is 0 Å². The van der Waals surface area contributed by atoms with Crippen LogP contribution >= 0.6 is 0 Å². The lowest BCUT2D eigenvalue weighted by molar-refractivity contribution is 0.112. The van der Waals surface area contributed by atoms with Gasteiger partial charge in [-0.1, -0.05) is 18.2 Å². The normalized spacial score (nSPS) is 10.8. The van der Waals surface area contributed by atoms with Crippen molar-refractivity contribution in [3.05, 3.63) is 54.1 Å². The highest BCUT2D eigenvalue weighted by molar-refractivity contribution is 5.77. The van der Waals surface area contributed by atoms with E-state index in [1.165, 1.54) is 0 Å². The van der Waals surface area contributed by atoms with E-state index in [1.807, 2.05) is 41.1 Å². The van der Waals surface area contributed by atoms with Crippen LogP contribution in [0.25, 0.3) is 22.8 Å². The number of methoxy groups -OCH3 is 1. The monoisotopic (exact) mass is 321 g/mol. The minimum atomic E-state index is 0.164. The van der Waals surface area contributed by atoms with Gasteiger partial charge in [-0.3, -0.25) is 4.79 Å². The molecule has 0 aliphatic heterocycles. The van der Waals surface area contributed by atoms with Crippen LogP contribution in [0.5, 0.6) is 5.75 Å². The predicted octanol–water partition coefficient (Wildman–Crippen LogP) is 4.01. The number of carbonyl (C=O) groups excluding carboxylic acids is 1. The smallest absolute Gasteiger partial charge is 0.181 e. The van der Waals surface area contributed by atoms with Gasteiger partial charge in [0, 0.05) is 22.7 Å². The van der Waals surface area contributed by atoms with Gasteiger partial charge in [-0.25, -0.2) is 9.67 Å². The number of rotatable bonds is 5. The van der Waals surface area contributed by atoms with Gasteiger partial charge in [-0.05, 0) is 44.2 Å². The van der Waals surface area contributed by atoms with Crippen LogP contribution in [0.15, 0.2) is 48.5 Å². The van der Waals surface area contributed by atoms with Crippen LogP contribution in [0.3, 0.4) is 0 Å². The summed E-state index contributed by atoms with van der Waals surface area (Å²) < 4.78 is 7.10. The molecule has 3 rings (SSSR count). The molecule has 0 saturated heterocycles. The minimum Gasteiger partial charge on any atom is -0.497 e. The van der Waals surface area contributed by atoms with Crippen LogP contribution in [0, 0.1) is 0 Å². The van der Waals surface area contributed by atoms with Gasteiger partial charge in [0.05, 0.1) is 7.11 Å². The zero-order valence-corrected chi connectivity index (χ0v) is 13.9. The van der Waals surface area contributed by atoms with E-state index in [2.05, 4.69) is 18.9 Å². The summed E-state index contributed by atoms with van der Waals surface area (Å²) in [5, 5.41) is 4.63. The Hall–Kier alpha value is -2.95. The quantitative estimate of drug-likeness (QED) is 0.666. The Morgan fingerprint density at radius 2 is 1.83 bits per heavy atom. The summed E-state index contributed by atoms with van der Waals surface area (Å²) in [6.07, 6.45) is 0.827. The van der Waals surface area contributed by atoms with E-state index in [0.717, 1.165) is 29.0 Å². The zero-order valence-electron chi connectivity index (χ0n) is 13.9. The number of benzene rings is 2. The molecule has 5 heteroatoms. The van der Waals surface area contributed by atoms with Crippen molar-refractivity contribution in [1.29, 1.82) is 0 Å². The van der Waals surface area contributed by atoms with Gasteiger partial charge in [-0.2, -0.15) is 5.10 Å². The topological polar surface area (TPSA) is 57.0 Å². The van der Waals surface area contributed by atoms with E-state index in [-0.39, 0.29) is 6.04 Å². The standard InChI is InChI=1S/C19H19N3O2/c1-13(2)22-19(15-7-9-17(24-3)10-8-15)20-18(21-22)16-6-4-5-14(11-16)12-23/h4-13H,1-3H3. The van der Waals surface area contributed by atoms with Crippen molar-refractivity contribution in [3.8, 4) is 28.5 Å². The molecule has 122 valence electrons. The Kier molecular flexibility index (Phi) is 4.42. The highest BCUT2D eigenvalue weighted by Gasteiger charge is 2.15. The molecule has 24 heavy (non-hydrogen) atoms. The van der Waals surface area contributed by atoms with Crippen molar-refractivity contribution in [2.75, 3.05) is 7.11 Å².